The molecular formula is C15H18N2O7. The van der Waals surface area contributed by atoms with Gasteiger partial charge in [-0.3, -0.25) is 19.7 Å². The van der Waals surface area contributed by atoms with Crippen LogP contribution in [0, 0.1) is 10.1 Å². The molecule has 1 atom stereocenters. The van der Waals surface area contributed by atoms with E-state index in [-0.39, 0.29) is 24.9 Å². The summed E-state index contributed by atoms with van der Waals surface area (Å²) in [7, 11) is 2.39. The predicted molar refractivity (Wildman–Crippen MR) is 82.0 cm³/mol. The lowest BCUT2D eigenvalue weighted by Crippen LogP contribution is -2.42. The lowest BCUT2D eigenvalue weighted by molar-refractivity contribution is -0.384. The Bertz CT molecular complexity index is 630. The van der Waals surface area contributed by atoms with Gasteiger partial charge in [0.15, 0.2) is 0 Å². The summed E-state index contributed by atoms with van der Waals surface area (Å²) in [6.07, 6.45) is -0.180. The fourth-order valence-corrected chi connectivity index (χ4v) is 1.97. The molecule has 9 nitrogen and oxygen atoms in total. The van der Waals surface area contributed by atoms with Gasteiger partial charge in [-0.15, -0.1) is 0 Å². The van der Waals surface area contributed by atoms with Gasteiger partial charge >= 0.3 is 11.9 Å². The summed E-state index contributed by atoms with van der Waals surface area (Å²) >= 11 is 0. The van der Waals surface area contributed by atoms with Crippen molar-refractivity contribution in [3.63, 3.8) is 0 Å². The predicted octanol–water partition coefficient (Wildman–Crippen LogP) is 0.748. The fraction of sp³-hybridized carbons (Fsp3) is 0.400. The highest BCUT2D eigenvalue weighted by molar-refractivity contribution is 5.86. The van der Waals surface area contributed by atoms with Crippen LogP contribution in [0.2, 0.25) is 0 Å². The van der Waals surface area contributed by atoms with Crippen molar-refractivity contribution < 1.29 is 28.8 Å². The van der Waals surface area contributed by atoms with E-state index in [1.54, 1.807) is 6.07 Å². The van der Waals surface area contributed by atoms with Crippen LogP contribution in [0.1, 0.15) is 18.4 Å². The summed E-state index contributed by atoms with van der Waals surface area (Å²) in [4.78, 5) is 45.0. The summed E-state index contributed by atoms with van der Waals surface area (Å²) < 4.78 is 9.07. The zero-order chi connectivity index (χ0) is 18.1. The van der Waals surface area contributed by atoms with Crippen molar-refractivity contribution in [3.8, 4) is 0 Å². The van der Waals surface area contributed by atoms with Gasteiger partial charge in [-0.1, -0.05) is 12.1 Å². The van der Waals surface area contributed by atoms with Crippen molar-refractivity contribution in [1.82, 2.24) is 5.32 Å². The number of methoxy groups -OCH3 is 2. The second-order valence-corrected chi connectivity index (χ2v) is 4.86. The van der Waals surface area contributed by atoms with Gasteiger partial charge in [-0.05, 0) is 12.0 Å². The first-order valence-electron chi connectivity index (χ1n) is 7.04. The highest BCUT2D eigenvalue weighted by atomic mass is 16.6. The van der Waals surface area contributed by atoms with Crippen LogP contribution in [0.5, 0.6) is 0 Å². The number of carbonyl (C=O) groups is 3. The fourth-order valence-electron chi connectivity index (χ4n) is 1.97. The third-order valence-corrected chi connectivity index (χ3v) is 3.17. The van der Waals surface area contributed by atoms with Crippen LogP contribution in [0.15, 0.2) is 24.3 Å². The molecule has 0 unspecified atom stereocenters. The summed E-state index contributed by atoms with van der Waals surface area (Å²) in [5, 5.41) is 13.2. The Morgan fingerprint density at radius 1 is 1.25 bits per heavy atom. The van der Waals surface area contributed by atoms with Gasteiger partial charge < -0.3 is 14.8 Å². The molecule has 0 spiro atoms. The average molecular weight is 338 g/mol. The van der Waals surface area contributed by atoms with Gasteiger partial charge in [0.25, 0.3) is 5.69 Å². The van der Waals surface area contributed by atoms with E-state index in [1.165, 1.54) is 32.4 Å². The van der Waals surface area contributed by atoms with Crippen molar-refractivity contribution in [3.05, 3.63) is 39.9 Å². The Morgan fingerprint density at radius 3 is 2.54 bits per heavy atom. The van der Waals surface area contributed by atoms with Crippen LogP contribution in [0.25, 0.3) is 0 Å². The summed E-state index contributed by atoms with van der Waals surface area (Å²) in [6.45, 7) is 0. The molecule has 130 valence electrons. The van der Waals surface area contributed by atoms with E-state index in [2.05, 4.69) is 14.8 Å². The number of nitrogens with one attached hydrogen (secondary N) is 1. The quantitative estimate of drug-likeness (QED) is 0.421. The van der Waals surface area contributed by atoms with E-state index in [0.717, 1.165) is 0 Å². The van der Waals surface area contributed by atoms with E-state index in [1.807, 2.05) is 0 Å². The summed E-state index contributed by atoms with van der Waals surface area (Å²) in [5.74, 6) is -1.72. The molecule has 1 N–H and O–H groups in total. The zero-order valence-electron chi connectivity index (χ0n) is 13.3. The smallest absolute Gasteiger partial charge is 0.328 e. The van der Waals surface area contributed by atoms with Gasteiger partial charge in [-0.25, -0.2) is 4.79 Å². The summed E-state index contributed by atoms with van der Waals surface area (Å²) in [5.41, 5.74) is 0.300. The number of nitrogens with zero attached hydrogens (tertiary/aromatic N) is 1. The molecule has 0 fully saturated rings. The number of non-ortho nitro benzene ring substituents is 1. The Morgan fingerprint density at radius 2 is 1.96 bits per heavy atom. The van der Waals surface area contributed by atoms with Crippen LogP contribution >= 0.6 is 0 Å². The SMILES string of the molecule is COC(=O)CC[C@H](NC(=O)Cc1cccc([N+](=O)[O-])c1)C(=O)OC. The number of hydrogen-bond donors (Lipinski definition) is 1. The van der Waals surface area contributed by atoms with Crippen molar-refractivity contribution in [1.29, 1.82) is 0 Å². The van der Waals surface area contributed by atoms with Gasteiger partial charge in [0, 0.05) is 18.6 Å². The number of benzene rings is 1. The molecule has 1 aromatic rings. The van der Waals surface area contributed by atoms with E-state index >= 15 is 0 Å². The minimum Gasteiger partial charge on any atom is -0.469 e. The van der Waals surface area contributed by atoms with Crippen LogP contribution in [-0.4, -0.2) is 43.0 Å². The van der Waals surface area contributed by atoms with Gasteiger partial charge in [0.2, 0.25) is 5.91 Å². The first kappa shape index (κ1) is 19.1. The molecule has 0 radical (unpaired) electrons. The van der Waals surface area contributed by atoms with Crippen molar-refractivity contribution in [2.75, 3.05) is 14.2 Å². The molecule has 1 aromatic carbocycles. The lowest BCUT2D eigenvalue weighted by Gasteiger charge is -2.16. The number of nitro groups is 1. The Hall–Kier alpha value is -2.97. The monoisotopic (exact) mass is 338 g/mol. The summed E-state index contributed by atoms with van der Waals surface area (Å²) in [6, 6.07) is 4.63. The molecule has 0 saturated heterocycles. The number of ether oxygens (including phenoxy) is 2. The molecule has 1 rings (SSSR count). The van der Waals surface area contributed by atoms with Crippen LogP contribution in [0.3, 0.4) is 0 Å². The van der Waals surface area contributed by atoms with Gasteiger partial charge in [0.1, 0.15) is 6.04 Å². The molecular weight excluding hydrogens is 320 g/mol. The molecule has 9 heteroatoms. The van der Waals surface area contributed by atoms with Crippen molar-refractivity contribution >= 4 is 23.5 Å². The standard InChI is InChI=1S/C15H18N2O7/c1-23-14(19)7-6-12(15(20)24-2)16-13(18)9-10-4-3-5-11(8-10)17(21)22/h3-5,8,12H,6-7,9H2,1-2H3,(H,16,18)/t12-/m0/s1. The number of amides is 1. The third-order valence-electron chi connectivity index (χ3n) is 3.17. The zero-order valence-corrected chi connectivity index (χ0v) is 13.3. The van der Waals surface area contributed by atoms with Crippen LogP contribution in [-0.2, 0) is 30.3 Å². The highest BCUT2D eigenvalue weighted by Crippen LogP contribution is 2.13. The molecule has 0 bridgehead atoms. The average Bonchev–Trinajstić information content (AvgIpc) is 2.57. The molecule has 0 aliphatic heterocycles. The van der Waals surface area contributed by atoms with Crippen molar-refractivity contribution in [2.24, 2.45) is 0 Å². The second kappa shape index (κ2) is 9.23. The van der Waals surface area contributed by atoms with E-state index in [4.69, 9.17) is 0 Å². The van der Waals surface area contributed by atoms with E-state index < -0.39 is 28.8 Å². The van der Waals surface area contributed by atoms with E-state index in [9.17, 15) is 24.5 Å². The van der Waals surface area contributed by atoms with E-state index in [0.29, 0.717) is 5.56 Å². The Labute approximate surface area is 138 Å². The van der Waals surface area contributed by atoms with Crippen LogP contribution < -0.4 is 5.32 Å². The number of rotatable bonds is 8. The highest BCUT2D eigenvalue weighted by Gasteiger charge is 2.23. The maximum Gasteiger partial charge on any atom is 0.328 e. The second-order valence-electron chi connectivity index (χ2n) is 4.86. The first-order valence-corrected chi connectivity index (χ1v) is 7.04. The molecule has 0 heterocycles. The largest absolute Gasteiger partial charge is 0.469 e. The molecule has 24 heavy (non-hydrogen) atoms. The normalized spacial score (nSPS) is 11.2. The number of nitro benzene ring substituents is 1. The molecule has 0 aliphatic carbocycles. The Kier molecular flexibility index (Phi) is 7.34. The maximum absolute atomic E-state index is 12.0. The number of hydrogen-bond acceptors (Lipinski definition) is 7. The molecule has 1 amide bonds. The minimum absolute atomic E-state index is 0.0278. The topological polar surface area (TPSA) is 125 Å². The number of carbonyl (C=O) groups excluding carboxylic acids is 3. The molecule has 0 saturated carbocycles. The minimum atomic E-state index is -1.000. The van der Waals surface area contributed by atoms with Crippen molar-refractivity contribution in [2.45, 2.75) is 25.3 Å². The number of esters is 2. The maximum atomic E-state index is 12.0. The lowest BCUT2D eigenvalue weighted by atomic mass is 10.1. The molecule has 0 aromatic heterocycles. The third kappa shape index (κ3) is 6.03. The van der Waals surface area contributed by atoms with Crippen LogP contribution in [0.4, 0.5) is 5.69 Å². The first-order chi connectivity index (χ1) is 11.4. The Balaban J connectivity index is 2.70. The van der Waals surface area contributed by atoms with Gasteiger partial charge in [-0.2, -0.15) is 0 Å². The molecule has 0 aliphatic rings. The van der Waals surface area contributed by atoms with Gasteiger partial charge in [0.05, 0.1) is 25.6 Å².